The summed E-state index contributed by atoms with van der Waals surface area (Å²) in [5.41, 5.74) is 0.163. The second-order valence-corrected chi connectivity index (χ2v) is 5.34. The topological polar surface area (TPSA) is 36.4 Å². The van der Waals surface area contributed by atoms with E-state index in [4.69, 9.17) is 34.8 Å². The first-order valence-electron chi connectivity index (χ1n) is 5.48. The van der Waals surface area contributed by atoms with Crippen molar-refractivity contribution in [3.8, 4) is 0 Å². The van der Waals surface area contributed by atoms with Crippen LogP contribution < -0.4 is 0 Å². The summed E-state index contributed by atoms with van der Waals surface area (Å²) in [5, 5.41) is 0.537. The molecule has 0 aromatic carbocycles. The molecule has 0 spiro atoms. The molecule has 2 heterocycles. The maximum Gasteiger partial charge on any atom is 0.274 e. The Morgan fingerprint density at radius 2 is 1.78 bits per heavy atom. The average Bonchev–Trinajstić information content (AvgIpc) is 2.36. The van der Waals surface area contributed by atoms with Gasteiger partial charge in [0.25, 0.3) is 5.91 Å². The summed E-state index contributed by atoms with van der Waals surface area (Å²) in [6.07, 6.45) is 1.35. The third-order valence-electron chi connectivity index (χ3n) is 2.91. The summed E-state index contributed by atoms with van der Waals surface area (Å²) < 4.78 is 0. The number of carbonyl (C=O) groups is 1. The van der Waals surface area contributed by atoms with E-state index in [1.165, 1.54) is 6.20 Å². The third-order valence-corrected chi connectivity index (χ3v) is 4.15. The van der Waals surface area contributed by atoms with Gasteiger partial charge in [0.2, 0.25) is 0 Å². The van der Waals surface area contributed by atoms with Crippen LogP contribution in [0.4, 0.5) is 0 Å². The smallest absolute Gasteiger partial charge is 0.274 e. The molecule has 4 nitrogen and oxygen atoms in total. The number of pyridine rings is 1. The van der Waals surface area contributed by atoms with Gasteiger partial charge >= 0.3 is 0 Å². The van der Waals surface area contributed by atoms with Gasteiger partial charge in [0, 0.05) is 32.4 Å². The van der Waals surface area contributed by atoms with Crippen LogP contribution in [0, 0.1) is 0 Å². The first kappa shape index (κ1) is 13.9. The number of amides is 1. The maximum absolute atomic E-state index is 12.2. The number of hydrogen-bond acceptors (Lipinski definition) is 3. The highest BCUT2D eigenvalue weighted by Gasteiger charge is 2.24. The third kappa shape index (κ3) is 2.72. The largest absolute Gasteiger partial charge is 0.335 e. The molecule has 1 saturated heterocycles. The van der Waals surface area contributed by atoms with Crippen molar-refractivity contribution in [1.29, 1.82) is 0 Å². The Morgan fingerprint density at radius 3 is 2.39 bits per heavy atom. The zero-order chi connectivity index (χ0) is 13.3. The average molecular weight is 309 g/mol. The Bertz CT molecular complexity index is 473. The summed E-state index contributed by atoms with van der Waals surface area (Å²) in [5.74, 6) is -0.202. The van der Waals surface area contributed by atoms with E-state index in [2.05, 4.69) is 9.88 Å². The van der Waals surface area contributed by atoms with Crippen LogP contribution in [0.2, 0.25) is 15.1 Å². The number of piperazine rings is 1. The van der Waals surface area contributed by atoms with E-state index >= 15 is 0 Å². The van der Waals surface area contributed by atoms with Gasteiger partial charge in [-0.05, 0) is 7.05 Å². The van der Waals surface area contributed by atoms with Crippen LogP contribution in [-0.2, 0) is 0 Å². The maximum atomic E-state index is 12.2. The van der Waals surface area contributed by atoms with Gasteiger partial charge in [-0.25, -0.2) is 4.98 Å². The highest BCUT2D eigenvalue weighted by atomic mass is 35.5. The zero-order valence-electron chi connectivity index (χ0n) is 9.79. The standard InChI is InChI=1S/C11H12Cl3N3O/c1-16-2-4-17(5-3-16)11(18)10-9(14)8(13)7(12)6-15-10/h6H,2-5H2,1H3. The normalized spacial score (nSPS) is 17.0. The number of halogens is 3. The lowest BCUT2D eigenvalue weighted by atomic mass is 10.2. The van der Waals surface area contributed by atoms with Crippen LogP contribution in [0.3, 0.4) is 0 Å². The molecule has 0 atom stereocenters. The van der Waals surface area contributed by atoms with Crippen molar-refractivity contribution in [2.24, 2.45) is 0 Å². The lowest BCUT2D eigenvalue weighted by Crippen LogP contribution is -2.47. The minimum absolute atomic E-state index is 0.119. The Labute approximate surface area is 120 Å². The fourth-order valence-electron chi connectivity index (χ4n) is 1.75. The molecule has 1 amide bonds. The molecule has 1 aliphatic heterocycles. The summed E-state index contributed by atoms with van der Waals surface area (Å²) >= 11 is 17.7. The molecular formula is C11H12Cl3N3O. The van der Waals surface area contributed by atoms with Crippen LogP contribution in [-0.4, -0.2) is 53.9 Å². The minimum Gasteiger partial charge on any atom is -0.335 e. The van der Waals surface area contributed by atoms with Gasteiger partial charge in [0.05, 0.1) is 15.1 Å². The van der Waals surface area contributed by atoms with E-state index < -0.39 is 0 Å². The molecule has 0 unspecified atom stereocenters. The number of nitrogens with zero attached hydrogens (tertiary/aromatic N) is 3. The van der Waals surface area contributed by atoms with Crippen molar-refractivity contribution in [1.82, 2.24) is 14.8 Å². The molecule has 18 heavy (non-hydrogen) atoms. The highest BCUT2D eigenvalue weighted by molar-refractivity contribution is 6.48. The Morgan fingerprint density at radius 1 is 1.17 bits per heavy atom. The molecular weight excluding hydrogens is 296 g/mol. The Balaban J connectivity index is 2.21. The van der Waals surface area contributed by atoms with E-state index in [0.717, 1.165) is 13.1 Å². The number of hydrogen-bond donors (Lipinski definition) is 0. The lowest BCUT2D eigenvalue weighted by Gasteiger charge is -2.32. The minimum atomic E-state index is -0.202. The first-order chi connectivity index (χ1) is 8.50. The molecule has 1 fully saturated rings. The summed E-state index contributed by atoms with van der Waals surface area (Å²) in [7, 11) is 2.02. The van der Waals surface area contributed by atoms with Crippen molar-refractivity contribution in [2.45, 2.75) is 0 Å². The van der Waals surface area contributed by atoms with Gasteiger partial charge < -0.3 is 9.80 Å². The quantitative estimate of drug-likeness (QED) is 0.799. The van der Waals surface area contributed by atoms with Crippen molar-refractivity contribution in [3.63, 3.8) is 0 Å². The zero-order valence-corrected chi connectivity index (χ0v) is 12.1. The van der Waals surface area contributed by atoms with Gasteiger partial charge in [-0.1, -0.05) is 34.8 Å². The first-order valence-corrected chi connectivity index (χ1v) is 6.61. The van der Waals surface area contributed by atoms with Crippen molar-refractivity contribution < 1.29 is 4.79 Å². The van der Waals surface area contributed by atoms with Crippen LogP contribution >= 0.6 is 34.8 Å². The molecule has 1 aromatic heterocycles. The molecule has 0 saturated carbocycles. The van der Waals surface area contributed by atoms with E-state index in [9.17, 15) is 4.79 Å². The highest BCUT2D eigenvalue weighted by Crippen LogP contribution is 2.31. The van der Waals surface area contributed by atoms with Gasteiger partial charge in [0.15, 0.2) is 0 Å². The summed E-state index contributed by atoms with van der Waals surface area (Å²) in [6.45, 7) is 3.00. The monoisotopic (exact) mass is 307 g/mol. The van der Waals surface area contributed by atoms with Gasteiger partial charge in [0.1, 0.15) is 5.69 Å². The number of aromatic nitrogens is 1. The van der Waals surface area contributed by atoms with Gasteiger partial charge in [-0.2, -0.15) is 0 Å². The van der Waals surface area contributed by atoms with Crippen LogP contribution in [0.5, 0.6) is 0 Å². The number of likely N-dealkylation sites (N-methyl/N-ethyl adjacent to an activating group) is 1. The van der Waals surface area contributed by atoms with Crippen molar-refractivity contribution >= 4 is 40.7 Å². The van der Waals surface area contributed by atoms with E-state index in [1.54, 1.807) is 4.90 Å². The van der Waals surface area contributed by atoms with Gasteiger partial charge in [-0.3, -0.25) is 4.79 Å². The van der Waals surface area contributed by atoms with Crippen LogP contribution in [0.15, 0.2) is 6.20 Å². The Kier molecular flexibility index (Phi) is 4.33. The molecule has 0 N–H and O–H groups in total. The SMILES string of the molecule is CN1CCN(C(=O)c2ncc(Cl)c(Cl)c2Cl)CC1. The molecule has 98 valence electrons. The molecule has 0 radical (unpaired) electrons. The molecule has 2 rings (SSSR count). The summed E-state index contributed by atoms with van der Waals surface area (Å²) in [6, 6.07) is 0. The predicted octanol–water partition coefficient (Wildman–Crippen LogP) is 2.43. The van der Waals surface area contributed by atoms with Crippen LogP contribution in [0.25, 0.3) is 0 Å². The van der Waals surface area contributed by atoms with Gasteiger partial charge in [-0.15, -0.1) is 0 Å². The number of carbonyl (C=O) groups excluding carboxylic acids is 1. The van der Waals surface area contributed by atoms with E-state index in [-0.39, 0.29) is 26.7 Å². The molecule has 1 aromatic rings. The molecule has 1 aliphatic rings. The lowest BCUT2D eigenvalue weighted by molar-refractivity contribution is 0.0658. The second-order valence-electron chi connectivity index (χ2n) is 4.18. The van der Waals surface area contributed by atoms with Crippen molar-refractivity contribution in [3.05, 3.63) is 27.0 Å². The Hall–Kier alpha value is -0.550. The molecule has 7 heteroatoms. The van der Waals surface area contributed by atoms with E-state index in [1.807, 2.05) is 7.05 Å². The number of rotatable bonds is 1. The van der Waals surface area contributed by atoms with E-state index in [0.29, 0.717) is 13.1 Å². The predicted molar refractivity (Wildman–Crippen MR) is 72.7 cm³/mol. The fourth-order valence-corrected chi connectivity index (χ4v) is 2.31. The second kappa shape index (κ2) is 5.61. The molecule has 0 bridgehead atoms. The summed E-state index contributed by atoms with van der Waals surface area (Å²) in [4.78, 5) is 20.1. The molecule has 0 aliphatic carbocycles. The fraction of sp³-hybridized carbons (Fsp3) is 0.455. The van der Waals surface area contributed by atoms with Crippen molar-refractivity contribution in [2.75, 3.05) is 33.2 Å². The van der Waals surface area contributed by atoms with Crippen LogP contribution in [0.1, 0.15) is 10.5 Å².